The molecule has 3 aliphatic heterocycles. The lowest BCUT2D eigenvalue weighted by atomic mass is 9.93. The molecule has 2 saturated heterocycles. The first-order chi connectivity index (χ1) is 10.2. The Morgan fingerprint density at radius 3 is 2.76 bits per heavy atom. The van der Waals surface area contributed by atoms with Crippen molar-refractivity contribution in [1.29, 1.82) is 0 Å². The third-order valence-corrected chi connectivity index (χ3v) is 5.31. The van der Waals surface area contributed by atoms with Crippen LogP contribution in [0.3, 0.4) is 0 Å². The van der Waals surface area contributed by atoms with Crippen molar-refractivity contribution >= 4 is 5.91 Å². The fourth-order valence-corrected chi connectivity index (χ4v) is 4.35. The molecule has 0 radical (unpaired) electrons. The van der Waals surface area contributed by atoms with Gasteiger partial charge in [0, 0.05) is 24.2 Å². The number of nitrogens with one attached hydrogen (secondary N) is 1. The molecule has 0 saturated carbocycles. The van der Waals surface area contributed by atoms with Crippen LogP contribution in [0.5, 0.6) is 0 Å². The third kappa shape index (κ3) is 2.17. The van der Waals surface area contributed by atoms with E-state index in [4.69, 9.17) is 0 Å². The molecule has 3 aliphatic rings. The molecule has 2 fully saturated rings. The van der Waals surface area contributed by atoms with Crippen LogP contribution < -0.4 is 5.32 Å². The summed E-state index contributed by atoms with van der Waals surface area (Å²) >= 11 is 0. The minimum atomic E-state index is -0.222. The number of hydrogen-bond acceptors (Lipinski definition) is 3. The molecule has 4 heteroatoms. The van der Waals surface area contributed by atoms with E-state index in [9.17, 15) is 9.90 Å². The largest absolute Gasteiger partial charge is 0.393 e. The maximum absolute atomic E-state index is 13.1. The molecule has 4 nitrogen and oxygen atoms in total. The summed E-state index contributed by atoms with van der Waals surface area (Å²) in [6, 6.07) is 6.58. The highest BCUT2D eigenvalue weighted by Crippen LogP contribution is 2.37. The predicted octanol–water partition coefficient (Wildman–Crippen LogP) is 1.46. The van der Waals surface area contributed by atoms with E-state index in [2.05, 4.69) is 16.3 Å². The number of hydrogen-bond donors (Lipinski definition) is 2. The lowest BCUT2D eigenvalue weighted by Gasteiger charge is -2.38. The van der Waals surface area contributed by atoms with Crippen molar-refractivity contribution in [2.75, 3.05) is 6.54 Å². The Bertz CT molecular complexity index is 558. The van der Waals surface area contributed by atoms with Crippen LogP contribution in [0.15, 0.2) is 18.2 Å². The van der Waals surface area contributed by atoms with Crippen molar-refractivity contribution in [2.45, 2.75) is 56.8 Å². The lowest BCUT2D eigenvalue weighted by Crippen LogP contribution is -2.48. The van der Waals surface area contributed by atoms with Crippen molar-refractivity contribution in [2.24, 2.45) is 0 Å². The summed E-state index contributed by atoms with van der Waals surface area (Å²) in [5, 5.41) is 13.3. The standard InChI is InChI=1S/C17H22N2O2/c20-14-8-12-4-5-13(9-14)19(12)17(21)16-3-1-2-11-10-18-7-6-15(11)16/h1-3,12-14,18,20H,4-10H2. The molecule has 1 aromatic carbocycles. The van der Waals surface area contributed by atoms with E-state index in [1.165, 1.54) is 11.1 Å². The Balaban J connectivity index is 1.67. The Morgan fingerprint density at radius 1 is 1.24 bits per heavy atom. The number of piperidine rings is 1. The molecule has 2 unspecified atom stereocenters. The van der Waals surface area contributed by atoms with E-state index >= 15 is 0 Å². The average Bonchev–Trinajstić information content (AvgIpc) is 2.78. The Morgan fingerprint density at radius 2 is 2.00 bits per heavy atom. The van der Waals surface area contributed by atoms with Gasteiger partial charge in [0.25, 0.3) is 5.91 Å². The lowest BCUT2D eigenvalue weighted by molar-refractivity contribution is 0.0286. The fraction of sp³-hybridized carbons (Fsp3) is 0.588. The van der Waals surface area contributed by atoms with Gasteiger partial charge < -0.3 is 15.3 Å². The van der Waals surface area contributed by atoms with Crippen molar-refractivity contribution in [1.82, 2.24) is 10.2 Å². The Kier molecular flexibility index (Phi) is 3.23. The molecule has 1 aromatic rings. The zero-order valence-corrected chi connectivity index (χ0v) is 12.2. The predicted molar refractivity (Wildman–Crippen MR) is 80.1 cm³/mol. The van der Waals surface area contributed by atoms with E-state index in [1.807, 2.05) is 12.1 Å². The second kappa shape index (κ2) is 5.11. The van der Waals surface area contributed by atoms with Gasteiger partial charge in [0.1, 0.15) is 0 Å². The molecular formula is C17H22N2O2. The van der Waals surface area contributed by atoms with E-state index in [0.29, 0.717) is 0 Å². The van der Waals surface area contributed by atoms with Gasteiger partial charge in [0.2, 0.25) is 0 Å². The quantitative estimate of drug-likeness (QED) is 0.822. The minimum absolute atomic E-state index is 0.188. The zero-order valence-electron chi connectivity index (χ0n) is 12.2. The van der Waals surface area contributed by atoms with Gasteiger partial charge >= 0.3 is 0 Å². The Hall–Kier alpha value is -1.39. The number of benzene rings is 1. The number of aliphatic hydroxyl groups excluding tert-OH is 1. The number of carbonyl (C=O) groups excluding carboxylic acids is 1. The first-order valence-corrected chi connectivity index (χ1v) is 8.06. The van der Waals surface area contributed by atoms with E-state index < -0.39 is 0 Å². The first-order valence-electron chi connectivity index (χ1n) is 8.06. The van der Waals surface area contributed by atoms with Crippen molar-refractivity contribution in [3.8, 4) is 0 Å². The summed E-state index contributed by atoms with van der Waals surface area (Å²) in [6.45, 7) is 1.81. The molecule has 112 valence electrons. The topological polar surface area (TPSA) is 52.6 Å². The number of carbonyl (C=O) groups is 1. The molecule has 0 aromatic heterocycles. The highest BCUT2D eigenvalue weighted by Gasteiger charge is 2.43. The summed E-state index contributed by atoms with van der Waals surface area (Å²) in [6.07, 6.45) is 4.30. The smallest absolute Gasteiger partial charge is 0.254 e. The van der Waals surface area contributed by atoms with Gasteiger partial charge in [-0.15, -0.1) is 0 Å². The second-order valence-electron chi connectivity index (χ2n) is 6.59. The van der Waals surface area contributed by atoms with E-state index in [0.717, 1.165) is 50.8 Å². The third-order valence-electron chi connectivity index (χ3n) is 5.31. The van der Waals surface area contributed by atoms with E-state index in [-0.39, 0.29) is 24.1 Å². The molecule has 3 heterocycles. The van der Waals surface area contributed by atoms with Crippen LogP contribution in [0.25, 0.3) is 0 Å². The Labute approximate surface area is 125 Å². The van der Waals surface area contributed by atoms with Crippen molar-refractivity contribution in [3.05, 3.63) is 34.9 Å². The van der Waals surface area contributed by atoms with Crippen LogP contribution in [-0.4, -0.2) is 40.6 Å². The van der Waals surface area contributed by atoms with Gasteiger partial charge in [-0.1, -0.05) is 12.1 Å². The van der Waals surface area contributed by atoms with Crippen molar-refractivity contribution < 1.29 is 9.90 Å². The molecule has 2 N–H and O–H groups in total. The van der Waals surface area contributed by atoms with Crippen molar-refractivity contribution in [3.63, 3.8) is 0 Å². The molecule has 21 heavy (non-hydrogen) atoms. The molecule has 2 bridgehead atoms. The monoisotopic (exact) mass is 286 g/mol. The maximum atomic E-state index is 13.1. The summed E-state index contributed by atoms with van der Waals surface area (Å²) in [5.41, 5.74) is 3.38. The van der Waals surface area contributed by atoms with Gasteiger partial charge in [0.15, 0.2) is 0 Å². The number of fused-ring (bicyclic) bond motifs is 3. The van der Waals surface area contributed by atoms with E-state index in [1.54, 1.807) is 0 Å². The SMILES string of the molecule is O=C(c1cccc2c1CCNC2)N1C2CCC1CC(O)C2. The first kappa shape index (κ1) is 13.3. The van der Waals surface area contributed by atoms with Crippen LogP contribution in [0.4, 0.5) is 0 Å². The number of nitrogens with zero attached hydrogens (tertiary/aromatic N) is 1. The van der Waals surface area contributed by atoms with Crippen LogP contribution >= 0.6 is 0 Å². The summed E-state index contributed by atoms with van der Waals surface area (Å²) < 4.78 is 0. The summed E-state index contributed by atoms with van der Waals surface area (Å²) in [4.78, 5) is 15.1. The van der Waals surface area contributed by atoms with Gasteiger partial charge in [-0.25, -0.2) is 0 Å². The van der Waals surface area contributed by atoms with Gasteiger partial charge in [-0.05, 0) is 55.8 Å². The van der Waals surface area contributed by atoms with Gasteiger partial charge in [-0.3, -0.25) is 4.79 Å². The molecular weight excluding hydrogens is 264 g/mol. The fourth-order valence-electron chi connectivity index (χ4n) is 4.35. The molecule has 4 rings (SSSR count). The molecule has 2 atom stereocenters. The second-order valence-corrected chi connectivity index (χ2v) is 6.59. The molecule has 0 aliphatic carbocycles. The highest BCUT2D eigenvalue weighted by molar-refractivity contribution is 5.96. The summed E-state index contributed by atoms with van der Waals surface area (Å²) in [5.74, 6) is 0.188. The van der Waals surface area contributed by atoms with Crippen LogP contribution in [0, 0.1) is 0 Å². The number of aliphatic hydroxyl groups is 1. The van der Waals surface area contributed by atoms with Crippen LogP contribution in [0.1, 0.15) is 47.2 Å². The number of amides is 1. The number of rotatable bonds is 1. The van der Waals surface area contributed by atoms with Gasteiger partial charge in [0.05, 0.1) is 6.10 Å². The highest BCUT2D eigenvalue weighted by atomic mass is 16.3. The van der Waals surface area contributed by atoms with Gasteiger partial charge in [-0.2, -0.15) is 0 Å². The van der Waals surface area contributed by atoms with Crippen LogP contribution in [-0.2, 0) is 13.0 Å². The summed E-state index contributed by atoms with van der Waals surface area (Å²) in [7, 11) is 0. The minimum Gasteiger partial charge on any atom is -0.393 e. The van der Waals surface area contributed by atoms with Crippen LogP contribution in [0.2, 0.25) is 0 Å². The normalized spacial score (nSPS) is 31.1. The maximum Gasteiger partial charge on any atom is 0.254 e. The molecule has 0 spiro atoms. The average molecular weight is 286 g/mol. The zero-order chi connectivity index (χ0) is 14.4. The molecule has 1 amide bonds.